The minimum atomic E-state index is -0.316. The van der Waals surface area contributed by atoms with Gasteiger partial charge < -0.3 is 15.5 Å². The van der Waals surface area contributed by atoms with Crippen molar-refractivity contribution in [1.82, 2.24) is 4.90 Å². The summed E-state index contributed by atoms with van der Waals surface area (Å²) < 4.78 is 0. The molecule has 2 N–H and O–H groups in total. The molecule has 1 aromatic rings. The minimum absolute atomic E-state index is 0.122. The van der Waals surface area contributed by atoms with Crippen molar-refractivity contribution >= 4 is 17.6 Å². The Morgan fingerprint density at radius 1 is 1.14 bits per heavy atom. The fourth-order valence-electron chi connectivity index (χ4n) is 3.68. The molecule has 0 unspecified atom stereocenters. The molecule has 0 bridgehead atoms. The van der Waals surface area contributed by atoms with Crippen molar-refractivity contribution < 1.29 is 4.79 Å². The van der Waals surface area contributed by atoms with Crippen molar-refractivity contribution in [1.29, 1.82) is 0 Å². The lowest BCUT2D eigenvalue weighted by molar-refractivity contribution is 0.147. The second kappa shape index (κ2) is 4.48. The van der Waals surface area contributed by atoms with Crippen LogP contribution in [0.2, 0.25) is 0 Å². The van der Waals surface area contributed by atoms with Gasteiger partial charge in [-0.2, -0.15) is 4.99 Å². The van der Waals surface area contributed by atoms with Crippen molar-refractivity contribution in [2.75, 3.05) is 18.0 Å². The molecule has 1 saturated heterocycles. The van der Waals surface area contributed by atoms with Crippen molar-refractivity contribution in [2.24, 2.45) is 10.7 Å². The zero-order valence-electron chi connectivity index (χ0n) is 12.0. The monoisotopic (exact) mass is 284 g/mol. The van der Waals surface area contributed by atoms with Gasteiger partial charge in [0.1, 0.15) is 11.4 Å². The summed E-state index contributed by atoms with van der Waals surface area (Å²) in [6.45, 7) is 1.83. The molecule has 0 aromatic heterocycles. The largest absolute Gasteiger partial charge is 0.385 e. The van der Waals surface area contributed by atoms with E-state index >= 15 is 0 Å². The van der Waals surface area contributed by atoms with E-state index < -0.39 is 0 Å². The first kappa shape index (κ1) is 12.7. The highest BCUT2D eigenvalue weighted by Crippen LogP contribution is 2.42. The summed E-state index contributed by atoms with van der Waals surface area (Å²) in [4.78, 5) is 20.5. The number of nitrogens with two attached hydrogens (primary N) is 1. The number of urea groups is 1. The smallest absolute Gasteiger partial charge is 0.346 e. The highest BCUT2D eigenvalue weighted by molar-refractivity contribution is 6.06. The standard InChI is InChI=1S/C16H20N4O/c17-14-16(20(13-6-7-13)15(21)18-14)8-10-19(11-9-16)12-4-2-1-3-5-12/h1-5,13H,6-11H2,(H2,17,18,21). The van der Waals surface area contributed by atoms with Gasteiger partial charge in [0.05, 0.1) is 0 Å². The number of aliphatic imine (C=N–C) groups is 1. The molecule has 2 amide bonds. The molecule has 0 radical (unpaired) electrons. The van der Waals surface area contributed by atoms with Crippen LogP contribution in [0, 0.1) is 0 Å². The molecular weight excluding hydrogens is 264 g/mol. The van der Waals surface area contributed by atoms with Crippen LogP contribution in [-0.2, 0) is 0 Å². The number of rotatable bonds is 2. The van der Waals surface area contributed by atoms with E-state index in [0.717, 1.165) is 38.8 Å². The van der Waals surface area contributed by atoms with Crippen LogP contribution >= 0.6 is 0 Å². The van der Waals surface area contributed by atoms with Gasteiger partial charge in [0.15, 0.2) is 0 Å². The van der Waals surface area contributed by atoms with Crippen molar-refractivity contribution in [2.45, 2.75) is 37.3 Å². The number of piperidine rings is 1. The molecule has 4 rings (SSSR count). The van der Waals surface area contributed by atoms with E-state index in [9.17, 15) is 4.79 Å². The molecule has 21 heavy (non-hydrogen) atoms. The van der Waals surface area contributed by atoms with Crippen LogP contribution in [0.25, 0.3) is 0 Å². The minimum Gasteiger partial charge on any atom is -0.385 e. The predicted molar refractivity (Wildman–Crippen MR) is 82.5 cm³/mol. The van der Waals surface area contributed by atoms with Gasteiger partial charge in [-0.3, -0.25) is 0 Å². The fourth-order valence-corrected chi connectivity index (χ4v) is 3.68. The number of amidine groups is 1. The van der Waals surface area contributed by atoms with Crippen LogP contribution in [0.4, 0.5) is 10.5 Å². The second-order valence-corrected chi connectivity index (χ2v) is 6.23. The van der Waals surface area contributed by atoms with E-state index in [1.165, 1.54) is 5.69 Å². The van der Waals surface area contributed by atoms with E-state index in [2.05, 4.69) is 34.2 Å². The Morgan fingerprint density at radius 2 is 1.81 bits per heavy atom. The lowest BCUT2D eigenvalue weighted by atomic mass is 9.85. The number of nitrogens with zero attached hydrogens (tertiary/aromatic N) is 3. The van der Waals surface area contributed by atoms with Crippen LogP contribution in [-0.4, -0.2) is 41.4 Å². The first-order valence-corrected chi connectivity index (χ1v) is 7.69. The van der Waals surface area contributed by atoms with Gasteiger partial charge in [-0.05, 0) is 37.8 Å². The Hall–Kier alpha value is -2.04. The van der Waals surface area contributed by atoms with Crippen LogP contribution in [0.3, 0.4) is 0 Å². The first-order valence-electron chi connectivity index (χ1n) is 7.69. The highest BCUT2D eigenvalue weighted by Gasteiger charge is 2.54. The number of hydrogen-bond donors (Lipinski definition) is 1. The first-order chi connectivity index (χ1) is 10.2. The van der Waals surface area contributed by atoms with E-state index in [1.54, 1.807) is 0 Å². The third kappa shape index (κ3) is 1.91. The number of hydrogen-bond acceptors (Lipinski definition) is 3. The van der Waals surface area contributed by atoms with Crippen LogP contribution in [0.15, 0.2) is 35.3 Å². The summed E-state index contributed by atoms with van der Waals surface area (Å²) in [5.74, 6) is 0.534. The zero-order chi connectivity index (χ0) is 14.4. The molecule has 0 atom stereocenters. The summed E-state index contributed by atoms with van der Waals surface area (Å²) in [7, 11) is 0. The quantitative estimate of drug-likeness (QED) is 0.903. The molecule has 1 aromatic carbocycles. The highest BCUT2D eigenvalue weighted by atomic mass is 16.2. The van der Waals surface area contributed by atoms with Gasteiger partial charge in [-0.15, -0.1) is 0 Å². The number of carbonyl (C=O) groups excluding carboxylic acids is 1. The van der Waals surface area contributed by atoms with Crippen molar-refractivity contribution in [3.8, 4) is 0 Å². The maximum atomic E-state index is 12.1. The Labute approximate surface area is 124 Å². The normalized spacial score (nSPS) is 24.6. The average molecular weight is 284 g/mol. The number of benzene rings is 1. The van der Waals surface area contributed by atoms with Crippen molar-refractivity contribution in [3.63, 3.8) is 0 Å². The lowest BCUT2D eigenvalue weighted by Crippen LogP contribution is -2.60. The molecule has 1 saturated carbocycles. The molecular formula is C16H20N4O. The maximum absolute atomic E-state index is 12.1. The Kier molecular flexibility index (Phi) is 2.71. The van der Waals surface area contributed by atoms with Gasteiger partial charge in [0.25, 0.3) is 0 Å². The van der Waals surface area contributed by atoms with Gasteiger partial charge in [0, 0.05) is 24.8 Å². The molecule has 5 heteroatoms. The SMILES string of the molecule is NC1=NC(=O)N(C2CC2)C12CCN(c1ccccc1)CC2. The van der Waals surface area contributed by atoms with E-state index in [4.69, 9.17) is 5.73 Å². The Morgan fingerprint density at radius 3 is 2.43 bits per heavy atom. The van der Waals surface area contributed by atoms with Crippen LogP contribution in [0.1, 0.15) is 25.7 Å². The number of para-hydroxylation sites is 1. The van der Waals surface area contributed by atoms with Gasteiger partial charge in [-0.25, -0.2) is 4.79 Å². The van der Waals surface area contributed by atoms with E-state index in [1.807, 2.05) is 11.0 Å². The summed E-state index contributed by atoms with van der Waals surface area (Å²) in [5.41, 5.74) is 7.07. The number of amides is 2. The number of anilines is 1. The summed E-state index contributed by atoms with van der Waals surface area (Å²) in [5, 5.41) is 0. The second-order valence-electron chi connectivity index (χ2n) is 6.23. The van der Waals surface area contributed by atoms with Crippen LogP contribution in [0.5, 0.6) is 0 Å². The van der Waals surface area contributed by atoms with E-state index in [0.29, 0.717) is 11.9 Å². The summed E-state index contributed by atoms with van der Waals surface area (Å²) in [6.07, 6.45) is 3.94. The average Bonchev–Trinajstić information content (AvgIpc) is 3.30. The molecule has 3 aliphatic rings. The van der Waals surface area contributed by atoms with Crippen molar-refractivity contribution in [3.05, 3.63) is 30.3 Å². The predicted octanol–water partition coefficient (Wildman–Crippen LogP) is 1.98. The Balaban J connectivity index is 1.56. The maximum Gasteiger partial charge on any atom is 0.346 e. The molecule has 1 spiro atoms. The molecule has 2 heterocycles. The molecule has 2 fully saturated rings. The van der Waals surface area contributed by atoms with Crippen LogP contribution < -0.4 is 10.6 Å². The topological polar surface area (TPSA) is 61.9 Å². The summed E-state index contributed by atoms with van der Waals surface area (Å²) >= 11 is 0. The van der Waals surface area contributed by atoms with E-state index in [-0.39, 0.29) is 11.6 Å². The van der Waals surface area contributed by atoms with Gasteiger partial charge in [0.2, 0.25) is 0 Å². The van der Waals surface area contributed by atoms with Gasteiger partial charge in [-0.1, -0.05) is 18.2 Å². The zero-order valence-corrected chi connectivity index (χ0v) is 12.0. The summed E-state index contributed by atoms with van der Waals surface area (Å²) in [6, 6.07) is 10.7. The number of carbonyl (C=O) groups is 1. The molecule has 110 valence electrons. The molecule has 5 nitrogen and oxygen atoms in total. The molecule has 1 aliphatic carbocycles. The molecule has 2 aliphatic heterocycles. The fraction of sp³-hybridized carbons (Fsp3) is 0.500. The lowest BCUT2D eigenvalue weighted by Gasteiger charge is -2.45. The Bertz CT molecular complexity index is 586. The third-order valence-corrected chi connectivity index (χ3v) is 4.98. The third-order valence-electron chi connectivity index (χ3n) is 4.98. The van der Waals surface area contributed by atoms with Gasteiger partial charge >= 0.3 is 6.03 Å².